The SMILES string of the molecule is CC(=O)O[C@@H]1CCc2cc(c(O)c3c2CC[C@@H]2CCC[C@H]2O3)CN2C[C@@](CC3=CCNC(N)=C3)(CCN=C(N)N[C@]3(CCCC34CCCC4)SSCC3(CCCC[C@H](O)C1)CCCC3)CC2=O. The fourth-order valence-electron chi connectivity index (χ4n) is 14.2. The van der Waals surface area contributed by atoms with E-state index in [0.29, 0.717) is 99.0 Å². The number of ether oxygens (including phenoxy) is 2. The predicted molar refractivity (Wildman–Crippen MR) is 269 cm³/mol. The Kier molecular flexibility index (Phi) is 15.3. The normalized spacial score (nSPS) is 32.9. The van der Waals surface area contributed by atoms with E-state index in [9.17, 15) is 19.8 Å². The summed E-state index contributed by atoms with van der Waals surface area (Å²) in [5.41, 5.74) is 17.3. The molecule has 1 saturated heterocycles. The number of fused-ring (bicyclic) bond motifs is 8. The van der Waals surface area contributed by atoms with E-state index in [0.717, 1.165) is 73.8 Å². The van der Waals surface area contributed by atoms with Crippen LogP contribution in [-0.2, 0) is 33.7 Å². The summed E-state index contributed by atoms with van der Waals surface area (Å²) < 4.78 is 12.7. The molecule has 4 saturated carbocycles. The van der Waals surface area contributed by atoms with Crippen molar-refractivity contribution in [1.29, 1.82) is 0 Å². The molecule has 5 fully saturated rings. The molecule has 4 aliphatic heterocycles. The predicted octanol–water partition coefficient (Wildman–Crippen LogP) is 9.19. The van der Waals surface area contributed by atoms with E-state index in [1.165, 1.54) is 77.6 Å². The number of nitrogens with two attached hydrogens (primary N) is 2. The number of nitrogens with one attached hydrogen (secondary N) is 2. The number of amides is 1. The molecule has 12 nitrogen and oxygen atoms in total. The highest BCUT2D eigenvalue weighted by Gasteiger charge is 2.57. The smallest absolute Gasteiger partial charge is 0.302 e. The monoisotopic (exact) mass is 961 g/mol. The molecule has 3 spiro atoms. The Hall–Kier alpha value is -3.23. The van der Waals surface area contributed by atoms with Crippen LogP contribution in [0.3, 0.4) is 0 Å². The number of benzene rings is 1. The molecule has 14 heteroatoms. The third-order valence-corrected chi connectivity index (χ3v) is 21.1. The zero-order chi connectivity index (χ0) is 46.7. The number of carbonyl (C=O) groups excluding carboxylic acids is 2. The standard InChI is InChI=1S/C53H80N6O6S2/c1-36(60)64-42-15-13-39-29-40(47(63)48-43(39)16-14-38-10-8-12-44(38)65-48)33-59-34-51(32-46(59)62,31-37-17-26-56-45(54)28-37)25-27-57-49(55)58-53(24-9-23-52(53)21-6-7-22-52)67-66-35-50(19-4-5-20-50)18-3-2-11-41(61)30-42/h17,28-29,38,41-42,44,56,61,63H,2-16,18-27,30-35,54H2,1H3,(H3,55,57,58)/t38-,41-,42+,44+,51+,53+/m0/s1. The molecule has 1 amide bonds. The van der Waals surface area contributed by atoms with Gasteiger partial charge in [-0.2, -0.15) is 0 Å². The minimum atomic E-state index is -0.570. The van der Waals surface area contributed by atoms with Crippen LogP contribution in [0.15, 0.2) is 34.6 Å². The highest BCUT2D eigenvalue weighted by Crippen LogP contribution is 2.64. The Morgan fingerprint density at radius 3 is 2.51 bits per heavy atom. The van der Waals surface area contributed by atoms with Crippen LogP contribution in [0.1, 0.15) is 178 Å². The van der Waals surface area contributed by atoms with Gasteiger partial charge < -0.3 is 46.7 Å². The fraction of sp³-hybridized carbons (Fsp3) is 0.755. The van der Waals surface area contributed by atoms with Gasteiger partial charge in [-0.25, -0.2) is 0 Å². The molecule has 67 heavy (non-hydrogen) atoms. The van der Waals surface area contributed by atoms with Gasteiger partial charge >= 0.3 is 5.97 Å². The van der Waals surface area contributed by atoms with Gasteiger partial charge in [0.15, 0.2) is 17.5 Å². The average molecular weight is 961 g/mol. The van der Waals surface area contributed by atoms with Gasteiger partial charge in [0.1, 0.15) is 17.1 Å². The lowest BCUT2D eigenvalue weighted by atomic mass is 9.77. The van der Waals surface area contributed by atoms with E-state index < -0.39 is 17.6 Å². The van der Waals surface area contributed by atoms with E-state index in [4.69, 9.17) is 25.9 Å². The van der Waals surface area contributed by atoms with Crippen LogP contribution >= 0.6 is 21.6 Å². The van der Waals surface area contributed by atoms with Gasteiger partial charge in [-0.05, 0) is 150 Å². The number of aliphatic hydroxyl groups is 1. The van der Waals surface area contributed by atoms with Crippen molar-refractivity contribution in [2.75, 3.05) is 25.4 Å². The molecule has 370 valence electrons. The van der Waals surface area contributed by atoms with Crippen molar-refractivity contribution < 1.29 is 29.3 Å². The van der Waals surface area contributed by atoms with Gasteiger partial charge in [0.25, 0.3) is 0 Å². The van der Waals surface area contributed by atoms with Crippen molar-refractivity contribution in [1.82, 2.24) is 15.5 Å². The third kappa shape index (κ3) is 11.1. The number of hydrogen-bond acceptors (Lipinski definition) is 13. The summed E-state index contributed by atoms with van der Waals surface area (Å²) >= 11 is 0. The molecule has 9 rings (SSSR count). The molecule has 1 aromatic rings. The maximum absolute atomic E-state index is 14.4. The van der Waals surface area contributed by atoms with Crippen LogP contribution in [0.25, 0.3) is 0 Å². The van der Waals surface area contributed by atoms with E-state index in [-0.39, 0.29) is 40.6 Å². The van der Waals surface area contributed by atoms with Crippen molar-refractivity contribution in [3.63, 3.8) is 0 Å². The summed E-state index contributed by atoms with van der Waals surface area (Å²) in [5, 5.41) is 30.8. The summed E-state index contributed by atoms with van der Waals surface area (Å²) in [4.78, 5) is 33.8. The molecule has 4 bridgehead atoms. The molecule has 0 aromatic heterocycles. The quantitative estimate of drug-likeness (QED) is 0.125. The summed E-state index contributed by atoms with van der Waals surface area (Å²) in [6, 6.07) is 2.08. The van der Waals surface area contributed by atoms with Crippen LogP contribution < -0.4 is 26.8 Å². The third-order valence-electron chi connectivity index (χ3n) is 17.7. The summed E-state index contributed by atoms with van der Waals surface area (Å²) in [5.74, 6) is 3.12. The lowest BCUT2D eigenvalue weighted by Crippen LogP contribution is -2.55. The first kappa shape index (κ1) is 48.8. The van der Waals surface area contributed by atoms with E-state index in [2.05, 4.69) is 44.4 Å². The van der Waals surface area contributed by atoms with Gasteiger partial charge in [0.2, 0.25) is 5.91 Å². The summed E-state index contributed by atoms with van der Waals surface area (Å²) in [6.45, 7) is 3.36. The number of aromatic hydroxyl groups is 1. The number of phenolic OH excluding ortho intramolecular Hbond substituents is 1. The van der Waals surface area contributed by atoms with Crippen LogP contribution in [0.4, 0.5) is 0 Å². The molecule has 0 radical (unpaired) electrons. The molecule has 8 aliphatic rings. The zero-order valence-corrected chi connectivity index (χ0v) is 42.0. The minimum Gasteiger partial charge on any atom is -0.504 e. The maximum Gasteiger partial charge on any atom is 0.302 e. The lowest BCUT2D eigenvalue weighted by molar-refractivity contribution is -0.148. The lowest BCUT2D eigenvalue weighted by Gasteiger charge is -2.44. The molecule has 6 atom stereocenters. The number of dihydropyridines is 1. The number of esters is 1. The van der Waals surface area contributed by atoms with Gasteiger partial charge in [-0.3, -0.25) is 14.6 Å². The second kappa shape index (κ2) is 21.0. The number of aliphatic hydroxyl groups excluding tert-OH is 1. The van der Waals surface area contributed by atoms with Crippen molar-refractivity contribution in [3.8, 4) is 11.5 Å². The first-order valence-corrected chi connectivity index (χ1v) is 28.6. The van der Waals surface area contributed by atoms with Crippen LogP contribution in [-0.4, -0.2) is 81.5 Å². The molecular formula is C53H80N6O6S2. The number of aliphatic imine (C=N–C) groups is 1. The van der Waals surface area contributed by atoms with Crippen molar-refractivity contribution >= 4 is 39.4 Å². The highest BCUT2D eigenvalue weighted by atomic mass is 33.1. The molecule has 4 heterocycles. The van der Waals surface area contributed by atoms with Crippen molar-refractivity contribution in [2.45, 2.75) is 204 Å². The van der Waals surface area contributed by atoms with Gasteiger partial charge in [0, 0.05) is 73.7 Å². The fourth-order valence-corrected chi connectivity index (χ4v) is 18.4. The number of aryl methyl sites for hydroxylation is 1. The maximum atomic E-state index is 14.4. The van der Waals surface area contributed by atoms with Crippen LogP contribution in [0, 0.1) is 22.2 Å². The van der Waals surface area contributed by atoms with Crippen molar-refractivity contribution in [2.24, 2.45) is 38.6 Å². The second-order valence-corrected chi connectivity index (χ2v) is 25.0. The number of nitrogens with zero attached hydrogens (tertiary/aromatic N) is 2. The second-order valence-electron chi connectivity index (χ2n) is 22.4. The molecule has 4 aliphatic carbocycles. The van der Waals surface area contributed by atoms with E-state index in [1.54, 1.807) is 0 Å². The summed E-state index contributed by atoms with van der Waals surface area (Å²) in [7, 11) is 4.12. The largest absolute Gasteiger partial charge is 0.504 e. The molecule has 1 aromatic carbocycles. The van der Waals surface area contributed by atoms with Gasteiger partial charge in [-0.1, -0.05) is 66.2 Å². The molecule has 8 N–H and O–H groups in total. The number of allylic oxidation sites excluding steroid dienone is 2. The Morgan fingerprint density at radius 1 is 0.940 bits per heavy atom. The highest BCUT2D eigenvalue weighted by molar-refractivity contribution is 8.77. The van der Waals surface area contributed by atoms with E-state index >= 15 is 0 Å². The van der Waals surface area contributed by atoms with Crippen molar-refractivity contribution in [3.05, 3.63) is 46.3 Å². The first-order chi connectivity index (χ1) is 32.4. The molecule has 0 unspecified atom stereocenters. The Morgan fingerprint density at radius 2 is 1.72 bits per heavy atom. The van der Waals surface area contributed by atoms with Gasteiger partial charge in [0.05, 0.1) is 11.9 Å². The topological polar surface area (TPSA) is 185 Å². The van der Waals surface area contributed by atoms with Crippen LogP contribution in [0.2, 0.25) is 0 Å². The minimum absolute atomic E-state index is 0.0528. The number of hydrogen-bond donors (Lipinski definition) is 6. The number of carbonyl (C=O) groups is 2. The number of guanidine groups is 1. The molecular weight excluding hydrogens is 881 g/mol. The Labute approximate surface area is 407 Å². The Balaban J connectivity index is 1.04. The number of rotatable bonds is 3. The van der Waals surface area contributed by atoms with Crippen LogP contribution in [0.5, 0.6) is 11.5 Å². The Bertz CT molecular complexity index is 2040. The average Bonchev–Trinajstić information content (AvgIpc) is 4.14. The first-order valence-electron chi connectivity index (χ1n) is 26.3. The van der Waals surface area contributed by atoms with Gasteiger partial charge in [-0.15, -0.1) is 0 Å². The van der Waals surface area contributed by atoms with E-state index in [1.807, 2.05) is 11.0 Å². The summed E-state index contributed by atoms with van der Waals surface area (Å²) in [6.07, 6.45) is 28.9. The zero-order valence-electron chi connectivity index (χ0n) is 40.4. The number of phenols is 1.